The van der Waals surface area contributed by atoms with Crippen molar-refractivity contribution >= 4 is 17.3 Å². The van der Waals surface area contributed by atoms with Crippen LogP contribution in [0, 0.1) is 0 Å². The molecule has 0 atom stereocenters. The Bertz CT molecular complexity index is 1240. The van der Waals surface area contributed by atoms with Crippen molar-refractivity contribution in [3.8, 4) is 17.3 Å². The minimum absolute atomic E-state index is 0.0489. The Labute approximate surface area is 171 Å². The molecular weight excluding hydrogens is 421 g/mol. The first kappa shape index (κ1) is 20.1. The van der Waals surface area contributed by atoms with Gasteiger partial charge < -0.3 is 14.0 Å². The van der Waals surface area contributed by atoms with Gasteiger partial charge in [-0.05, 0) is 24.3 Å². The second kappa shape index (κ2) is 7.93. The first-order valence-corrected chi connectivity index (χ1v) is 8.65. The number of methoxy groups -OCH3 is 1. The van der Waals surface area contributed by atoms with Crippen LogP contribution in [0.5, 0.6) is 5.75 Å². The Morgan fingerprint density at radius 1 is 1.26 bits per heavy atom. The largest absolute Gasteiger partial charge is 0.495 e. The molecule has 4 heterocycles. The minimum Gasteiger partial charge on any atom is -0.495 e. The van der Waals surface area contributed by atoms with Crippen molar-refractivity contribution in [2.75, 3.05) is 12.4 Å². The van der Waals surface area contributed by atoms with Crippen LogP contribution in [0.3, 0.4) is 0 Å². The Morgan fingerprint density at radius 2 is 2.10 bits per heavy atom. The van der Waals surface area contributed by atoms with Crippen molar-refractivity contribution in [3.05, 3.63) is 54.3 Å². The van der Waals surface area contributed by atoms with Gasteiger partial charge in [0.2, 0.25) is 5.82 Å². The molecule has 10 nitrogen and oxygen atoms in total. The molecule has 0 aliphatic rings. The summed E-state index contributed by atoms with van der Waals surface area (Å²) < 4.78 is 53.9. The van der Waals surface area contributed by atoms with Gasteiger partial charge in [0.1, 0.15) is 18.1 Å². The maximum Gasteiger partial charge on any atom is 0.471 e. The molecule has 0 radical (unpaired) electrons. The third-order valence-corrected chi connectivity index (χ3v) is 4.06. The van der Waals surface area contributed by atoms with Crippen LogP contribution in [0.25, 0.3) is 17.0 Å². The van der Waals surface area contributed by atoms with E-state index in [-0.39, 0.29) is 18.1 Å². The molecule has 4 aromatic rings. The quantitative estimate of drug-likeness (QED) is 0.507. The van der Waals surface area contributed by atoms with Crippen LogP contribution in [0.15, 0.2) is 47.4 Å². The van der Waals surface area contributed by atoms with Crippen LogP contribution < -0.4 is 10.1 Å². The lowest BCUT2D eigenvalue weighted by molar-refractivity contribution is -0.159. The number of rotatable bonds is 5. The fraction of sp³-hybridized carbons (Fsp3) is 0.167. The van der Waals surface area contributed by atoms with E-state index in [1.807, 2.05) is 0 Å². The second-order valence-corrected chi connectivity index (χ2v) is 6.12. The summed E-state index contributed by atoms with van der Waals surface area (Å²) in [5, 5.41) is 9.96. The summed E-state index contributed by atoms with van der Waals surface area (Å²) >= 11 is 0. The Kier molecular flexibility index (Phi) is 5.15. The van der Waals surface area contributed by atoms with E-state index in [0.717, 1.165) is 0 Å². The van der Waals surface area contributed by atoms with Crippen molar-refractivity contribution in [1.82, 2.24) is 24.7 Å². The van der Waals surface area contributed by atoms with E-state index in [1.165, 1.54) is 42.3 Å². The Hall–Kier alpha value is -4.16. The van der Waals surface area contributed by atoms with Gasteiger partial charge in [-0.25, -0.2) is 9.31 Å². The average molecular weight is 434 g/mol. The van der Waals surface area contributed by atoms with E-state index in [4.69, 9.17) is 9.47 Å². The SMILES string of the molecule is COc1cncc(COC(=O)Nc2ccc(-c3noc(C(F)(F)F)n3)n3nccc23)c1. The molecule has 1 N–H and O–H groups in total. The van der Waals surface area contributed by atoms with Crippen LogP contribution in [0.4, 0.5) is 23.7 Å². The number of carbonyl (C=O) groups excluding carboxylic acids is 1. The number of nitrogens with zero attached hydrogens (tertiary/aromatic N) is 5. The van der Waals surface area contributed by atoms with E-state index < -0.39 is 18.2 Å². The molecule has 0 aliphatic carbocycles. The van der Waals surface area contributed by atoms with Gasteiger partial charge in [0.15, 0.2) is 0 Å². The van der Waals surface area contributed by atoms with Gasteiger partial charge in [0.05, 0.1) is 30.7 Å². The number of anilines is 1. The Balaban J connectivity index is 1.51. The monoisotopic (exact) mass is 434 g/mol. The Morgan fingerprint density at radius 3 is 2.84 bits per heavy atom. The number of aromatic nitrogens is 5. The van der Waals surface area contributed by atoms with Crippen molar-refractivity contribution in [1.29, 1.82) is 0 Å². The molecule has 4 aromatic heterocycles. The van der Waals surface area contributed by atoms with Gasteiger partial charge in [0, 0.05) is 11.8 Å². The molecule has 0 aliphatic heterocycles. The van der Waals surface area contributed by atoms with E-state index >= 15 is 0 Å². The first-order valence-electron chi connectivity index (χ1n) is 8.65. The van der Waals surface area contributed by atoms with Crippen LogP contribution in [0.1, 0.15) is 11.5 Å². The lowest BCUT2D eigenvalue weighted by Gasteiger charge is -2.10. The number of hydrogen-bond acceptors (Lipinski definition) is 8. The van der Waals surface area contributed by atoms with Crippen molar-refractivity contribution in [2.45, 2.75) is 12.8 Å². The number of halogens is 3. The van der Waals surface area contributed by atoms with E-state index in [1.54, 1.807) is 12.1 Å². The molecule has 160 valence electrons. The summed E-state index contributed by atoms with van der Waals surface area (Å²) in [6.07, 6.45) is -1.07. The fourth-order valence-corrected chi connectivity index (χ4v) is 2.68. The van der Waals surface area contributed by atoms with E-state index in [9.17, 15) is 18.0 Å². The third kappa shape index (κ3) is 4.24. The molecule has 0 fully saturated rings. The number of pyridine rings is 2. The summed E-state index contributed by atoms with van der Waals surface area (Å²) in [6.45, 7) is -0.0489. The van der Waals surface area contributed by atoms with Gasteiger partial charge >= 0.3 is 18.2 Å². The molecule has 1 amide bonds. The van der Waals surface area contributed by atoms with Gasteiger partial charge in [0.25, 0.3) is 0 Å². The predicted molar refractivity (Wildman–Crippen MR) is 98.1 cm³/mol. The van der Waals surface area contributed by atoms with Gasteiger partial charge in [-0.15, -0.1) is 0 Å². The van der Waals surface area contributed by atoms with Crippen molar-refractivity contribution < 1.29 is 32.0 Å². The number of carbonyl (C=O) groups is 1. The number of alkyl halides is 3. The molecule has 31 heavy (non-hydrogen) atoms. The zero-order valence-corrected chi connectivity index (χ0v) is 15.8. The molecule has 0 unspecified atom stereocenters. The van der Waals surface area contributed by atoms with Gasteiger partial charge in [-0.3, -0.25) is 10.3 Å². The molecule has 0 bridgehead atoms. The maximum absolute atomic E-state index is 12.7. The normalized spacial score (nSPS) is 11.5. The van der Waals surface area contributed by atoms with Crippen LogP contribution >= 0.6 is 0 Å². The first-order chi connectivity index (χ1) is 14.8. The molecule has 0 spiro atoms. The number of nitrogens with one attached hydrogen (secondary N) is 1. The average Bonchev–Trinajstić information content (AvgIpc) is 3.43. The molecule has 13 heteroatoms. The van der Waals surface area contributed by atoms with Crippen molar-refractivity contribution in [3.63, 3.8) is 0 Å². The highest BCUT2D eigenvalue weighted by Gasteiger charge is 2.38. The van der Waals surface area contributed by atoms with E-state index in [2.05, 4.69) is 30.1 Å². The number of amides is 1. The lowest BCUT2D eigenvalue weighted by Crippen LogP contribution is -2.14. The van der Waals surface area contributed by atoms with Crippen molar-refractivity contribution in [2.24, 2.45) is 0 Å². The highest BCUT2D eigenvalue weighted by molar-refractivity contribution is 5.91. The minimum atomic E-state index is -4.77. The molecule has 0 saturated heterocycles. The molecule has 4 rings (SSSR count). The van der Waals surface area contributed by atoms with Crippen LogP contribution in [-0.2, 0) is 17.5 Å². The number of fused-ring (bicyclic) bond motifs is 1. The topological polar surface area (TPSA) is 117 Å². The number of ether oxygens (including phenoxy) is 2. The predicted octanol–water partition coefficient (Wildman–Crippen LogP) is 3.56. The van der Waals surface area contributed by atoms with Gasteiger partial charge in [-0.1, -0.05) is 5.16 Å². The molecular formula is C18H13F3N6O4. The highest BCUT2D eigenvalue weighted by atomic mass is 19.4. The summed E-state index contributed by atoms with van der Waals surface area (Å²) in [4.78, 5) is 19.5. The van der Waals surface area contributed by atoms with Crippen LogP contribution in [-0.4, -0.2) is 37.9 Å². The summed E-state index contributed by atoms with van der Waals surface area (Å²) in [5.74, 6) is -1.26. The maximum atomic E-state index is 12.7. The summed E-state index contributed by atoms with van der Waals surface area (Å²) in [7, 11) is 1.49. The third-order valence-electron chi connectivity index (χ3n) is 4.06. The lowest BCUT2D eigenvalue weighted by atomic mass is 10.2. The summed E-state index contributed by atoms with van der Waals surface area (Å²) in [5.41, 5.74) is 1.46. The van der Waals surface area contributed by atoms with Gasteiger partial charge in [-0.2, -0.15) is 23.3 Å². The zero-order chi connectivity index (χ0) is 22.0. The van der Waals surface area contributed by atoms with E-state index in [0.29, 0.717) is 22.5 Å². The smallest absolute Gasteiger partial charge is 0.471 e. The standard InChI is InChI=1S/C18H13F3N6O4/c1-29-11-6-10(7-22-8-11)9-30-17(28)24-12-2-3-14(27-13(12)4-5-23-27)15-25-16(31-26-15)18(19,20)21/h2-8H,9H2,1H3,(H,24,28). The fourth-order valence-electron chi connectivity index (χ4n) is 2.68. The summed E-state index contributed by atoms with van der Waals surface area (Å²) in [6, 6.07) is 6.08. The second-order valence-electron chi connectivity index (χ2n) is 6.12. The zero-order valence-electron chi connectivity index (χ0n) is 15.8. The molecule has 0 saturated carbocycles. The highest BCUT2D eigenvalue weighted by Crippen LogP contribution is 2.30. The van der Waals surface area contributed by atoms with Crippen LogP contribution in [0.2, 0.25) is 0 Å². The molecule has 0 aromatic carbocycles. The number of hydrogen-bond donors (Lipinski definition) is 1.